The molecule has 0 unspecified atom stereocenters. The highest BCUT2D eigenvalue weighted by Gasteiger charge is 2.71. The summed E-state index contributed by atoms with van der Waals surface area (Å²) in [5.41, 5.74) is -0.937. The molecule has 5 saturated carbocycles. The molecule has 11 heteroatoms. The number of esters is 1. The number of aliphatic carboxylic acids is 1. The van der Waals surface area contributed by atoms with Crippen molar-refractivity contribution in [2.75, 3.05) is 26.2 Å². The Morgan fingerprint density at radius 2 is 1.50 bits per heavy atom. The van der Waals surface area contributed by atoms with Crippen LogP contribution in [-0.2, 0) is 29.3 Å². The molecule has 52 heavy (non-hydrogen) atoms. The second-order valence-corrected chi connectivity index (χ2v) is 22.3. The highest BCUT2D eigenvalue weighted by Crippen LogP contribution is 2.78. The molecule has 10 atom stereocenters. The molecule has 1 saturated heterocycles. The monoisotopic (exact) mass is 747 g/mol. The number of hydrogen-bond donors (Lipinski definition) is 2. The van der Waals surface area contributed by atoms with Crippen LogP contribution in [0.1, 0.15) is 139 Å². The highest BCUT2D eigenvalue weighted by molar-refractivity contribution is 7.86. The molecule has 0 aromatic carbocycles. The van der Waals surface area contributed by atoms with E-state index in [-0.39, 0.29) is 58.6 Å². The third kappa shape index (κ3) is 6.26. The van der Waals surface area contributed by atoms with Crippen LogP contribution < -0.4 is 5.14 Å². The molecule has 296 valence electrons. The number of hydrogen-bond acceptors (Lipinski definition) is 6. The van der Waals surface area contributed by atoms with E-state index < -0.39 is 27.6 Å². The van der Waals surface area contributed by atoms with E-state index in [1.807, 2.05) is 4.90 Å². The van der Waals surface area contributed by atoms with Gasteiger partial charge in [0.1, 0.15) is 6.10 Å². The van der Waals surface area contributed by atoms with Gasteiger partial charge in [0.15, 0.2) is 0 Å². The number of carbonyl (C=O) groups is 3. The fourth-order valence-corrected chi connectivity index (χ4v) is 14.9. The fraction of sp³-hybridized carbons (Fsp3) is 0.927. The molecule has 0 aromatic heterocycles. The van der Waals surface area contributed by atoms with Gasteiger partial charge in [0.05, 0.1) is 11.8 Å². The first kappa shape index (κ1) is 40.0. The van der Waals surface area contributed by atoms with Gasteiger partial charge < -0.3 is 14.7 Å². The highest BCUT2D eigenvalue weighted by atomic mass is 32.2. The van der Waals surface area contributed by atoms with Gasteiger partial charge in [0.2, 0.25) is 5.91 Å². The lowest BCUT2D eigenvalue weighted by atomic mass is 9.32. The zero-order chi connectivity index (χ0) is 38.4. The quantitative estimate of drug-likeness (QED) is 0.258. The Morgan fingerprint density at radius 3 is 2.10 bits per heavy atom. The van der Waals surface area contributed by atoms with E-state index in [4.69, 9.17) is 9.88 Å². The molecule has 6 rings (SSSR count). The van der Waals surface area contributed by atoms with E-state index in [0.29, 0.717) is 55.0 Å². The molecule has 6 aliphatic rings. The van der Waals surface area contributed by atoms with E-state index >= 15 is 0 Å². The van der Waals surface area contributed by atoms with E-state index in [1.165, 1.54) is 23.6 Å². The minimum atomic E-state index is -3.75. The van der Waals surface area contributed by atoms with Crippen LogP contribution in [0.5, 0.6) is 0 Å². The number of fused-ring (bicyclic) bond motifs is 7. The number of carbonyl (C=O) groups excluding carboxylic acids is 2. The first-order valence-electron chi connectivity index (χ1n) is 20.4. The average molecular weight is 748 g/mol. The molecule has 1 amide bonds. The van der Waals surface area contributed by atoms with E-state index in [9.17, 15) is 27.9 Å². The fourth-order valence-electron chi connectivity index (χ4n) is 14.3. The maximum atomic E-state index is 14.1. The normalized spacial score (nSPS) is 42.1. The maximum Gasteiger partial charge on any atom is 0.309 e. The summed E-state index contributed by atoms with van der Waals surface area (Å²) in [4.78, 5) is 40.8. The van der Waals surface area contributed by atoms with Crippen molar-refractivity contribution in [3.05, 3.63) is 0 Å². The van der Waals surface area contributed by atoms with Crippen LogP contribution in [0.4, 0.5) is 0 Å². The molecule has 0 aromatic rings. The van der Waals surface area contributed by atoms with Crippen molar-refractivity contribution in [3.8, 4) is 0 Å². The summed E-state index contributed by atoms with van der Waals surface area (Å²) in [5, 5.41) is 15.0. The van der Waals surface area contributed by atoms with Crippen molar-refractivity contribution >= 4 is 28.1 Å². The van der Waals surface area contributed by atoms with Crippen molar-refractivity contribution in [2.45, 2.75) is 145 Å². The van der Waals surface area contributed by atoms with E-state index in [2.05, 4.69) is 48.5 Å². The van der Waals surface area contributed by atoms with Crippen LogP contribution in [0.3, 0.4) is 0 Å². The number of rotatable bonds is 8. The van der Waals surface area contributed by atoms with Crippen molar-refractivity contribution < 1.29 is 32.6 Å². The van der Waals surface area contributed by atoms with Gasteiger partial charge >= 0.3 is 11.9 Å². The second kappa shape index (κ2) is 13.2. The van der Waals surface area contributed by atoms with Crippen LogP contribution in [0.2, 0.25) is 0 Å². The predicted molar refractivity (Wildman–Crippen MR) is 201 cm³/mol. The summed E-state index contributed by atoms with van der Waals surface area (Å²) in [6, 6.07) is 0. The second-order valence-electron chi connectivity index (χ2n) is 20.7. The maximum absolute atomic E-state index is 14.1. The molecule has 6 fully saturated rings. The molecule has 10 nitrogen and oxygen atoms in total. The molecule has 1 aliphatic heterocycles. The summed E-state index contributed by atoms with van der Waals surface area (Å²) in [6.45, 7) is 21.7. The summed E-state index contributed by atoms with van der Waals surface area (Å²) in [5.74, 6) is 1.98. The minimum absolute atomic E-state index is 0.00327. The first-order chi connectivity index (χ1) is 23.9. The van der Waals surface area contributed by atoms with Gasteiger partial charge in [-0.25, -0.2) is 5.14 Å². The smallest absolute Gasteiger partial charge is 0.309 e. The first-order valence-corrected chi connectivity index (χ1v) is 21.9. The lowest BCUT2D eigenvalue weighted by Gasteiger charge is -2.73. The van der Waals surface area contributed by atoms with Crippen LogP contribution >= 0.6 is 0 Å². The summed E-state index contributed by atoms with van der Waals surface area (Å²) >= 11 is 0. The van der Waals surface area contributed by atoms with Crippen LogP contribution in [0.25, 0.3) is 0 Å². The van der Waals surface area contributed by atoms with Crippen LogP contribution in [0, 0.1) is 68.0 Å². The number of carboxylic acids is 1. The number of nitrogens with two attached hydrogens (primary N) is 1. The average Bonchev–Trinajstić information content (AvgIpc) is 3.42. The van der Waals surface area contributed by atoms with Crippen molar-refractivity contribution in [1.82, 2.24) is 9.21 Å². The molecule has 3 N–H and O–H groups in total. The Balaban J connectivity index is 1.22. The van der Waals surface area contributed by atoms with Gasteiger partial charge in [0.25, 0.3) is 10.2 Å². The molecule has 5 aliphatic carbocycles. The van der Waals surface area contributed by atoms with Gasteiger partial charge in [-0.05, 0) is 135 Å². The Hall–Kier alpha value is -1.72. The lowest BCUT2D eigenvalue weighted by Crippen LogP contribution is -2.67. The minimum Gasteiger partial charge on any atom is -0.481 e. The summed E-state index contributed by atoms with van der Waals surface area (Å²) in [6.07, 6.45) is 11.2. The molecule has 0 spiro atoms. The SMILES string of the molecule is CC(C)[C@@H]1CC[C@]2(CC(=O)N3CCN(S(N)(=O)=O)CC3)CC[C@]3(C)[C@H](CC[C@@H]4[C@@]5(C)CC[C@H](OC(=O)CC(C)(C)C(=O)O)C(C)(C)[C@@H]5CC[C@]43C)[C@@H]12. The Morgan fingerprint density at radius 1 is 0.846 bits per heavy atom. The zero-order valence-corrected chi connectivity index (χ0v) is 34.4. The number of nitrogens with zero attached hydrogens (tertiary/aromatic N) is 2. The third-order valence-corrected chi connectivity index (χ3v) is 18.4. The van der Waals surface area contributed by atoms with Crippen molar-refractivity contribution in [1.29, 1.82) is 0 Å². The third-order valence-electron chi connectivity index (χ3n) is 17.3. The molecule has 0 bridgehead atoms. The Labute approximate surface area is 313 Å². The molecule has 1 heterocycles. The number of ether oxygens (including phenoxy) is 1. The zero-order valence-electron chi connectivity index (χ0n) is 33.6. The Kier molecular flexibility index (Phi) is 10.1. The number of carboxylic acid groups (broad SMARTS) is 1. The van der Waals surface area contributed by atoms with Gasteiger partial charge in [-0.3, -0.25) is 14.4 Å². The summed E-state index contributed by atoms with van der Waals surface area (Å²) in [7, 11) is -3.75. The topological polar surface area (TPSA) is 147 Å². The van der Waals surface area contributed by atoms with Gasteiger partial charge in [-0.1, -0.05) is 48.5 Å². The number of piperazine rings is 1. The molecular weight excluding hydrogens is 679 g/mol. The standard InChI is InChI=1S/C41H69N3O7S/c1-26(2)27-12-17-41(24-32(45)43-20-22-44(23-21-43)52(42,49)50)19-18-39(8)28(34(27)41)10-11-30-38(7)15-14-31(51-33(46)25-36(3,4)35(47)48)37(5,6)29(38)13-16-40(30,39)9/h26-31,34H,10-25H2,1-9H3,(H,47,48)(H2,42,49,50)/t27-,28+,29-,30+,31-,34+,38-,39+,40+,41+/m0/s1. The van der Waals surface area contributed by atoms with Crippen LogP contribution in [-0.4, -0.2) is 72.9 Å². The summed E-state index contributed by atoms with van der Waals surface area (Å²) < 4.78 is 31.3. The predicted octanol–water partition coefficient (Wildman–Crippen LogP) is 6.87. The van der Waals surface area contributed by atoms with Crippen molar-refractivity contribution in [2.24, 2.45) is 73.1 Å². The van der Waals surface area contributed by atoms with E-state index in [0.717, 1.165) is 44.9 Å². The van der Waals surface area contributed by atoms with Gasteiger partial charge in [0, 0.05) is 38.0 Å². The molecular formula is C41H69N3O7S. The number of amides is 1. The van der Waals surface area contributed by atoms with Gasteiger partial charge in [-0.2, -0.15) is 12.7 Å². The largest absolute Gasteiger partial charge is 0.481 e. The van der Waals surface area contributed by atoms with Crippen molar-refractivity contribution in [3.63, 3.8) is 0 Å². The molecule has 0 radical (unpaired) electrons. The van der Waals surface area contributed by atoms with Gasteiger partial charge in [-0.15, -0.1) is 0 Å². The van der Waals surface area contributed by atoms with E-state index in [1.54, 1.807) is 13.8 Å². The Bertz CT molecular complexity index is 1540. The van der Waals surface area contributed by atoms with Crippen LogP contribution in [0.15, 0.2) is 0 Å². The lowest BCUT2D eigenvalue weighted by molar-refractivity contribution is -0.252.